The number of ether oxygens (including phenoxy) is 1. The molecule has 1 unspecified atom stereocenters. The van der Waals surface area contributed by atoms with E-state index in [1.165, 1.54) is 0 Å². The van der Waals surface area contributed by atoms with Gasteiger partial charge in [0.15, 0.2) is 0 Å². The third-order valence-corrected chi connectivity index (χ3v) is 3.59. The Kier molecular flexibility index (Phi) is 4.00. The van der Waals surface area contributed by atoms with Crippen molar-refractivity contribution in [2.24, 2.45) is 0 Å². The first kappa shape index (κ1) is 12.1. The molecule has 3 nitrogen and oxygen atoms in total. The number of rotatable bonds is 2. The number of amides is 1. The molecule has 1 aliphatic rings. The maximum absolute atomic E-state index is 11.8. The maximum Gasteiger partial charge on any atom is 0.253 e. The quantitative estimate of drug-likeness (QED) is 0.890. The van der Waals surface area contributed by atoms with Crippen molar-refractivity contribution in [2.45, 2.75) is 18.9 Å². The molecular weight excluding hydrogens is 338 g/mol. The summed E-state index contributed by atoms with van der Waals surface area (Å²) in [6.07, 6.45) is 1.46. The molecule has 1 atom stereocenters. The highest BCUT2D eigenvalue weighted by molar-refractivity contribution is 9.11. The predicted molar refractivity (Wildman–Crippen MR) is 69.4 cm³/mol. The van der Waals surface area contributed by atoms with Crippen LogP contribution in [0.3, 0.4) is 0 Å². The number of carbonyl (C=O) groups is 1. The average molecular weight is 349 g/mol. The Bertz CT molecular complexity index is 403. The van der Waals surface area contributed by atoms with Gasteiger partial charge in [0.2, 0.25) is 0 Å². The average Bonchev–Trinajstić information content (AvgIpc) is 2.76. The van der Waals surface area contributed by atoms with Crippen LogP contribution in [0.2, 0.25) is 0 Å². The third-order valence-electron chi connectivity index (χ3n) is 2.41. The molecule has 2 rings (SSSR count). The van der Waals surface area contributed by atoms with Crippen molar-refractivity contribution in [1.82, 2.24) is 0 Å². The summed E-state index contributed by atoms with van der Waals surface area (Å²) < 4.78 is 7.11. The first-order valence-corrected chi connectivity index (χ1v) is 6.63. The lowest BCUT2D eigenvalue weighted by molar-refractivity contribution is -0.124. The lowest BCUT2D eigenvalue weighted by Crippen LogP contribution is -2.26. The van der Waals surface area contributed by atoms with Gasteiger partial charge in [0.05, 0.1) is 5.69 Å². The molecule has 1 fully saturated rings. The Morgan fingerprint density at radius 2 is 2.25 bits per heavy atom. The number of carbonyl (C=O) groups excluding carboxylic acids is 1. The summed E-state index contributed by atoms with van der Waals surface area (Å²) in [7, 11) is 0. The van der Waals surface area contributed by atoms with Crippen LogP contribution in [0.15, 0.2) is 27.1 Å². The van der Waals surface area contributed by atoms with E-state index in [0.717, 1.165) is 27.5 Å². The molecule has 0 bridgehead atoms. The van der Waals surface area contributed by atoms with E-state index in [0.29, 0.717) is 6.61 Å². The molecule has 86 valence electrons. The summed E-state index contributed by atoms with van der Waals surface area (Å²) in [4.78, 5) is 11.8. The van der Waals surface area contributed by atoms with Gasteiger partial charge >= 0.3 is 0 Å². The van der Waals surface area contributed by atoms with E-state index in [9.17, 15) is 4.79 Å². The van der Waals surface area contributed by atoms with E-state index in [4.69, 9.17) is 4.74 Å². The number of halogens is 2. The van der Waals surface area contributed by atoms with Crippen LogP contribution in [0.5, 0.6) is 0 Å². The number of benzene rings is 1. The Morgan fingerprint density at radius 3 is 2.94 bits per heavy atom. The van der Waals surface area contributed by atoms with E-state index in [2.05, 4.69) is 37.2 Å². The van der Waals surface area contributed by atoms with Gasteiger partial charge in [0.1, 0.15) is 6.10 Å². The molecule has 1 amide bonds. The zero-order valence-corrected chi connectivity index (χ0v) is 11.7. The minimum atomic E-state index is -0.300. The molecule has 0 radical (unpaired) electrons. The standard InChI is InChI=1S/C11H11Br2NO2/c12-7-3-4-8(13)9(6-7)14-11(15)10-2-1-5-16-10/h3-4,6,10H,1-2,5H2,(H,14,15). The van der Waals surface area contributed by atoms with Gasteiger partial charge in [-0.2, -0.15) is 0 Å². The first-order valence-electron chi connectivity index (χ1n) is 5.04. The number of hydrogen-bond acceptors (Lipinski definition) is 2. The molecule has 1 aromatic carbocycles. The van der Waals surface area contributed by atoms with E-state index < -0.39 is 0 Å². The van der Waals surface area contributed by atoms with Gasteiger partial charge in [-0.25, -0.2) is 0 Å². The lowest BCUT2D eigenvalue weighted by atomic mass is 10.2. The largest absolute Gasteiger partial charge is 0.368 e. The Labute approximate surface area is 111 Å². The van der Waals surface area contributed by atoms with Crippen molar-refractivity contribution in [3.63, 3.8) is 0 Å². The summed E-state index contributed by atoms with van der Waals surface area (Å²) >= 11 is 6.76. The molecule has 1 N–H and O–H groups in total. The van der Waals surface area contributed by atoms with Crippen molar-refractivity contribution in [1.29, 1.82) is 0 Å². The molecule has 0 aromatic heterocycles. The second-order valence-electron chi connectivity index (χ2n) is 3.62. The van der Waals surface area contributed by atoms with Gasteiger partial charge in [-0.05, 0) is 47.0 Å². The Hall–Kier alpha value is -0.390. The van der Waals surface area contributed by atoms with Gasteiger partial charge in [-0.1, -0.05) is 15.9 Å². The molecule has 5 heteroatoms. The molecule has 0 spiro atoms. The summed E-state index contributed by atoms with van der Waals surface area (Å²) in [6, 6.07) is 5.65. The predicted octanol–water partition coefficient (Wildman–Crippen LogP) is 3.33. The van der Waals surface area contributed by atoms with Crippen molar-refractivity contribution in [3.05, 3.63) is 27.1 Å². The fourth-order valence-corrected chi connectivity index (χ4v) is 2.30. The van der Waals surface area contributed by atoms with E-state index >= 15 is 0 Å². The van der Waals surface area contributed by atoms with Crippen LogP contribution in [0.25, 0.3) is 0 Å². The van der Waals surface area contributed by atoms with Gasteiger partial charge in [-0.15, -0.1) is 0 Å². The minimum Gasteiger partial charge on any atom is -0.368 e. The van der Waals surface area contributed by atoms with Crippen LogP contribution in [-0.4, -0.2) is 18.6 Å². The third kappa shape index (κ3) is 2.84. The van der Waals surface area contributed by atoms with E-state index in [1.807, 2.05) is 18.2 Å². The molecule has 0 aliphatic carbocycles. The van der Waals surface area contributed by atoms with Crippen molar-refractivity contribution >= 4 is 43.5 Å². The molecule has 1 heterocycles. The first-order chi connectivity index (χ1) is 7.66. The summed E-state index contributed by atoms with van der Waals surface area (Å²) in [6.45, 7) is 0.678. The van der Waals surface area contributed by atoms with Crippen LogP contribution in [-0.2, 0) is 9.53 Å². The highest BCUT2D eigenvalue weighted by Crippen LogP contribution is 2.27. The molecule has 0 saturated carbocycles. The summed E-state index contributed by atoms with van der Waals surface area (Å²) in [5.74, 6) is -0.0729. The maximum atomic E-state index is 11.8. The highest BCUT2D eigenvalue weighted by atomic mass is 79.9. The summed E-state index contributed by atoms with van der Waals surface area (Å²) in [5.41, 5.74) is 0.759. The molecule has 1 aromatic rings. The zero-order chi connectivity index (χ0) is 11.5. The number of hydrogen-bond donors (Lipinski definition) is 1. The lowest BCUT2D eigenvalue weighted by Gasteiger charge is -2.11. The summed E-state index contributed by atoms with van der Waals surface area (Å²) in [5, 5.41) is 2.85. The fraction of sp³-hybridized carbons (Fsp3) is 0.364. The minimum absolute atomic E-state index is 0.0729. The van der Waals surface area contributed by atoms with Gasteiger partial charge < -0.3 is 10.1 Å². The molecular formula is C11H11Br2NO2. The fourth-order valence-electron chi connectivity index (χ4n) is 1.59. The SMILES string of the molecule is O=C(Nc1cc(Br)ccc1Br)C1CCCO1. The van der Waals surface area contributed by atoms with Crippen molar-refractivity contribution in [2.75, 3.05) is 11.9 Å². The van der Waals surface area contributed by atoms with Crippen molar-refractivity contribution in [3.8, 4) is 0 Å². The number of anilines is 1. The van der Waals surface area contributed by atoms with Gasteiger partial charge in [0, 0.05) is 15.6 Å². The second kappa shape index (κ2) is 5.29. The van der Waals surface area contributed by atoms with Crippen LogP contribution in [0.4, 0.5) is 5.69 Å². The highest BCUT2D eigenvalue weighted by Gasteiger charge is 2.23. The monoisotopic (exact) mass is 347 g/mol. The smallest absolute Gasteiger partial charge is 0.253 e. The van der Waals surface area contributed by atoms with Crippen LogP contribution in [0, 0.1) is 0 Å². The van der Waals surface area contributed by atoms with Crippen molar-refractivity contribution < 1.29 is 9.53 Å². The Morgan fingerprint density at radius 1 is 1.44 bits per heavy atom. The van der Waals surface area contributed by atoms with Crippen LogP contribution in [0.1, 0.15) is 12.8 Å². The van der Waals surface area contributed by atoms with Crippen LogP contribution >= 0.6 is 31.9 Å². The topological polar surface area (TPSA) is 38.3 Å². The second-order valence-corrected chi connectivity index (χ2v) is 5.39. The van der Waals surface area contributed by atoms with Gasteiger partial charge in [0.25, 0.3) is 5.91 Å². The molecule has 1 aliphatic heterocycles. The molecule has 16 heavy (non-hydrogen) atoms. The van der Waals surface area contributed by atoms with E-state index in [1.54, 1.807) is 0 Å². The molecule has 1 saturated heterocycles. The zero-order valence-electron chi connectivity index (χ0n) is 8.50. The normalized spacial score (nSPS) is 19.8. The Balaban J connectivity index is 2.07. The van der Waals surface area contributed by atoms with E-state index in [-0.39, 0.29) is 12.0 Å². The number of nitrogens with one attached hydrogen (secondary N) is 1. The van der Waals surface area contributed by atoms with Gasteiger partial charge in [-0.3, -0.25) is 4.79 Å². The van der Waals surface area contributed by atoms with Crippen LogP contribution < -0.4 is 5.32 Å².